The van der Waals surface area contributed by atoms with Crippen LogP contribution in [0.2, 0.25) is 0 Å². The first-order valence-electron chi connectivity index (χ1n) is 7.40. The molecule has 3 N–H and O–H groups in total. The number of aliphatic hydroxyl groups is 1. The van der Waals surface area contributed by atoms with Crippen LogP contribution in [0.4, 0.5) is 13.6 Å². The SMILES string of the molecule is O=C(NCc1cc(F)cc(F)c1)NC[C@@H](O)CN1CCCC1. The molecule has 7 heteroatoms. The second-order valence-electron chi connectivity index (χ2n) is 5.50. The summed E-state index contributed by atoms with van der Waals surface area (Å²) in [5.41, 5.74) is 0.338. The molecule has 22 heavy (non-hydrogen) atoms. The summed E-state index contributed by atoms with van der Waals surface area (Å²) in [7, 11) is 0. The lowest BCUT2D eigenvalue weighted by Crippen LogP contribution is -2.43. The Kier molecular flexibility index (Phi) is 6.09. The first-order chi connectivity index (χ1) is 10.5. The van der Waals surface area contributed by atoms with Crippen LogP contribution in [0.5, 0.6) is 0 Å². The van der Waals surface area contributed by atoms with Crippen LogP contribution in [0.1, 0.15) is 18.4 Å². The third-order valence-corrected chi connectivity index (χ3v) is 3.54. The number of nitrogens with one attached hydrogen (secondary N) is 2. The Bertz CT molecular complexity index is 487. The van der Waals surface area contributed by atoms with Gasteiger partial charge in [-0.05, 0) is 43.6 Å². The molecule has 1 heterocycles. The summed E-state index contributed by atoms with van der Waals surface area (Å²) in [5, 5.41) is 14.9. The molecule has 1 saturated heterocycles. The van der Waals surface area contributed by atoms with Gasteiger partial charge < -0.3 is 20.6 Å². The number of aliphatic hydroxyl groups excluding tert-OH is 1. The van der Waals surface area contributed by atoms with Gasteiger partial charge in [0, 0.05) is 25.7 Å². The summed E-state index contributed by atoms with van der Waals surface area (Å²) in [6.45, 7) is 2.65. The smallest absolute Gasteiger partial charge is 0.315 e. The fraction of sp³-hybridized carbons (Fsp3) is 0.533. The molecular formula is C15H21F2N3O2. The molecule has 0 aliphatic carbocycles. The number of β-amino-alcohol motifs (C(OH)–C–C–N with tert-alkyl or cyclic N) is 1. The first-order valence-corrected chi connectivity index (χ1v) is 7.40. The first kappa shape index (κ1) is 16.6. The number of halogens is 2. The molecule has 0 saturated carbocycles. The fourth-order valence-electron chi connectivity index (χ4n) is 2.50. The van der Waals surface area contributed by atoms with E-state index in [9.17, 15) is 18.7 Å². The number of urea groups is 1. The van der Waals surface area contributed by atoms with Crippen molar-refractivity contribution in [1.82, 2.24) is 15.5 Å². The van der Waals surface area contributed by atoms with Gasteiger partial charge in [0.25, 0.3) is 0 Å². The van der Waals surface area contributed by atoms with Crippen molar-refractivity contribution in [2.75, 3.05) is 26.2 Å². The van der Waals surface area contributed by atoms with E-state index in [0.29, 0.717) is 12.1 Å². The molecule has 0 spiro atoms. The zero-order valence-electron chi connectivity index (χ0n) is 12.3. The van der Waals surface area contributed by atoms with Crippen molar-refractivity contribution in [2.24, 2.45) is 0 Å². The van der Waals surface area contributed by atoms with Gasteiger partial charge in [-0.25, -0.2) is 13.6 Å². The van der Waals surface area contributed by atoms with Crippen LogP contribution in [-0.4, -0.2) is 48.3 Å². The molecular weight excluding hydrogens is 292 g/mol. The summed E-state index contributed by atoms with van der Waals surface area (Å²) in [4.78, 5) is 13.7. The number of amides is 2. The molecule has 1 aromatic carbocycles. The number of carbonyl (C=O) groups is 1. The van der Waals surface area contributed by atoms with Crippen molar-refractivity contribution >= 4 is 6.03 Å². The molecule has 2 amide bonds. The molecule has 122 valence electrons. The van der Waals surface area contributed by atoms with Crippen molar-refractivity contribution in [2.45, 2.75) is 25.5 Å². The van der Waals surface area contributed by atoms with Gasteiger partial charge in [0.2, 0.25) is 0 Å². The topological polar surface area (TPSA) is 64.6 Å². The second-order valence-corrected chi connectivity index (χ2v) is 5.50. The van der Waals surface area contributed by atoms with E-state index in [0.717, 1.165) is 44.1 Å². The van der Waals surface area contributed by atoms with Gasteiger partial charge in [0.1, 0.15) is 11.6 Å². The molecule has 1 fully saturated rings. The highest BCUT2D eigenvalue weighted by molar-refractivity contribution is 5.73. The molecule has 2 rings (SSSR count). The largest absolute Gasteiger partial charge is 0.390 e. The van der Waals surface area contributed by atoms with Crippen LogP contribution in [0.15, 0.2) is 18.2 Å². The number of benzene rings is 1. The molecule has 1 aliphatic rings. The van der Waals surface area contributed by atoms with Gasteiger partial charge in [-0.15, -0.1) is 0 Å². The summed E-state index contributed by atoms with van der Waals surface area (Å²) in [6.07, 6.45) is 1.66. The van der Waals surface area contributed by atoms with Crippen molar-refractivity contribution in [3.63, 3.8) is 0 Å². The van der Waals surface area contributed by atoms with E-state index >= 15 is 0 Å². The fourth-order valence-corrected chi connectivity index (χ4v) is 2.50. The molecule has 5 nitrogen and oxygen atoms in total. The Morgan fingerprint density at radius 2 is 1.82 bits per heavy atom. The van der Waals surface area contributed by atoms with Crippen LogP contribution in [-0.2, 0) is 6.54 Å². The zero-order chi connectivity index (χ0) is 15.9. The summed E-state index contributed by atoms with van der Waals surface area (Å²) in [6, 6.07) is 2.61. The number of rotatable bonds is 6. The number of likely N-dealkylation sites (tertiary alicyclic amines) is 1. The van der Waals surface area contributed by atoms with E-state index in [-0.39, 0.29) is 13.1 Å². The van der Waals surface area contributed by atoms with E-state index in [1.807, 2.05) is 0 Å². The van der Waals surface area contributed by atoms with Gasteiger partial charge in [0.05, 0.1) is 6.10 Å². The second kappa shape index (κ2) is 8.05. The van der Waals surface area contributed by atoms with E-state index in [2.05, 4.69) is 15.5 Å². The highest BCUT2D eigenvalue weighted by Crippen LogP contribution is 2.08. The van der Waals surface area contributed by atoms with E-state index in [4.69, 9.17) is 0 Å². The Morgan fingerprint density at radius 3 is 2.45 bits per heavy atom. The minimum Gasteiger partial charge on any atom is -0.390 e. The average molecular weight is 313 g/mol. The normalized spacial score (nSPS) is 16.5. The average Bonchev–Trinajstić information content (AvgIpc) is 2.95. The molecule has 0 aromatic heterocycles. The monoisotopic (exact) mass is 313 g/mol. The summed E-state index contributed by atoms with van der Waals surface area (Å²) >= 11 is 0. The van der Waals surface area contributed by atoms with E-state index in [1.165, 1.54) is 0 Å². The number of nitrogens with zero attached hydrogens (tertiary/aromatic N) is 1. The van der Waals surface area contributed by atoms with Gasteiger partial charge in [0.15, 0.2) is 0 Å². The lowest BCUT2D eigenvalue weighted by Gasteiger charge is -2.19. The molecule has 1 aromatic rings. The highest BCUT2D eigenvalue weighted by atomic mass is 19.1. The highest BCUT2D eigenvalue weighted by Gasteiger charge is 2.16. The number of hydrogen-bond donors (Lipinski definition) is 3. The summed E-state index contributed by atoms with van der Waals surface area (Å²) < 4.78 is 26.0. The maximum atomic E-state index is 13.0. The number of hydrogen-bond acceptors (Lipinski definition) is 3. The van der Waals surface area contributed by atoms with Crippen molar-refractivity contribution < 1.29 is 18.7 Å². The van der Waals surface area contributed by atoms with Crippen molar-refractivity contribution in [3.05, 3.63) is 35.4 Å². The minimum atomic E-state index is -0.682. The van der Waals surface area contributed by atoms with E-state index in [1.54, 1.807) is 0 Å². The van der Waals surface area contributed by atoms with Gasteiger partial charge in [-0.2, -0.15) is 0 Å². The predicted octanol–water partition coefficient (Wildman–Crippen LogP) is 1.22. The van der Waals surface area contributed by atoms with Crippen LogP contribution >= 0.6 is 0 Å². The lowest BCUT2D eigenvalue weighted by molar-refractivity contribution is 0.124. The standard InChI is InChI=1S/C15H21F2N3O2/c16-12-5-11(6-13(17)7-12)8-18-15(22)19-9-14(21)10-20-3-1-2-4-20/h5-7,14,21H,1-4,8-10H2,(H2,18,19,22)/t14-/m1/s1. The maximum Gasteiger partial charge on any atom is 0.315 e. The third kappa shape index (κ3) is 5.57. The van der Waals surface area contributed by atoms with Crippen molar-refractivity contribution in [3.8, 4) is 0 Å². The van der Waals surface area contributed by atoms with Crippen LogP contribution in [0, 0.1) is 11.6 Å². The van der Waals surface area contributed by atoms with Crippen LogP contribution in [0.3, 0.4) is 0 Å². The van der Waals surface area contributed by atoms with Gasteiger partial charge >= 0.3 is 6.03 Å². The predicted molar refractivity (Wildman–Crippen MR) is 78.3 cm³/mol. The Hall–Kier alpha value is -1.73. The van der Waals surface area contributed by atoms with Gasteiger partial charge in [-0.3, -0.25) is 0 Å². The lowest BCUT2D eigenvalue weighted by atomic mass is 10.2. The molecule has 0 unspecified atom stereocenters. The Morgan fingerprint density at radius 1 is 1.18 bits per heavy atom. The quantitative estimate of drug-likeness (QED) is 0.740. The molecule has 0 bridgehead atoms. The van der Waals surface area contributed by atoms with Gasteiger partial charge in [-0.1, -0.05) is 0 Å². The maximum absolute atomic E-state index is 13.0. The third-order valence-electron chi connectivity index (χ3n) is 3.54. The van der Waals surface area contributed by atoms with E-state index < -0.39 is 23.8 Å². The molecule has 1 aliphatic heterocycles. The Labute approximate surface area is 128 Å². The summed E-state index contributed by atoms with van der Waals surface area (Å²) in [5.74, 6) is -1.36. The number of carbonyl (C=O) groups excluding carboxylic acids is 1. The van der Waals surface area contributed by atoms with Crippen molar-refractivity contribution in [1.29, 1.82) is 0 Å². The van der Waals surface area contributed by atoms with Crippen LogP contribution in [0.25, 0.3) is 0 Å². The Balaban J connectivity index is 1.66. The molecule has 1 atom stereocenters. The molecule has 0 radical (unpaired) electrons. The van der Waals surface area contributed by atoms with Crippen LogP contribution < -0.4 is 10.6 Å². The zero-order valence-corrected chi connectivity index (χ0v) is 12.3. The minimum absolute atomic E-state index is 0.0166.